The fourth-order valence-corrected chi connectivity index (χ4v) is 5.86. The van der Waals surface area contributed by atoms with Gasteiger partial charge in [-0.25, -0.2) is 12.7 Å². The summed E-state index contributed by atoms with van der Waals surface area (Å²) in [6.45, 7) is 0.722. The molecule has 1 fully saturated rings. The van der Waals surface area contributed by atoms with Crippen LogP contribution in [-0.4, -0.2) is 38.3 Å². The van der Waals surface area contributed by atoms with Crippen molar-refractivity contribution < 1.29 is 17.9 Å². The summed E-state index contributed by atoms with van der Waals surface area (Å²) in [6, 6.07) is 13.7. The average molecular weight is 471 g/mol. The molecule has 6 nitrogen and oxygen atoms in total. The van der Waals surface area contributed by atoms with Gasteiger partial charge in [-0.05, 0) is 48.7 Å². The van der Waals surface area contributed by atoms with Gasteiger partial charge < -0.3 is 10.5 Å². The lowest BCUT2D eigenvalue weighted by Gasteiger charge is -2.41. The van der Waals surface area contributed by atoms with Crippen LogP contribution in [-0.2, 0) is 20.6 Å². The first kappa shape index (κ1) is 22.9. The predicted octanol–water partition coefficient (Wildman–Crippen LogP) is 3.86. The molecule has 0 aromatic heterocycles. The van der Waals surface area contributed by atoms with Crippen molar-refractivity contribution in [3.05, 3.63) is 64.1 Å². The summed E-state index contributed by atoms with van der Waals surface area (Å²) in [4.78, 5) is 11.8. The Kier molecular flexibility index (Phi) is 7.29. The number of amides is 1. The van der Waals surface area contributed by atoms with Gasteiger partial charge in [0.15, 0.2) is 0 Å². The molecule has 1 amide bonds. The number of piperidine rings is 1. The first-order chi connectivity index (χ1) is 14.2. The summed E-state index contributed by atoms with van der Waals surface area (Å²) in [6.07, 6.45) is 1.29. The first-order valence-corrected chi connectivity index (χ1v) is 11.9. The van der Waals surface area contributed by atoms with Gasteiger partial charge in [-0.2, -0.15) is 0 Å². The summed E-state index contributed by atoms with van der Waals surface area (Å²) >= 11 is 12.0. The van der Waals surface area contributed by atoms with Gasteiger partial charge in [0, 0.05) is 35.0 Å². The molecule has 0 aliphatic carbocycles. The third-order valence-corrected chi connectivity index (χ3v) is 7.41. The lowest BCUT2D eigenvalue weighted by Crippen LogP contribution is -2.50. The molecule has 1 saturated heterocycles. The van der Waals surface area contributed by atoms with Gasteiger partial charge in [0.2, 0.25) is 15.9 Å². The number of rotatable bonds is 8. The van der Waals surface area contributed by atoms with E-state index in [0.29, 0.717) is 40.7 Å². The highest BCUT2D eigenvalue weighted by Crippen LogP contribution is 2.36. The molecule has 9 heteroatoms. The molecule has 1 aliphatic heterocycles. The zero-order chi connectivity index (χ0) is 21.8. The van der Waals surface area contributed by atoms with Crippen LogP contribution in [0.5, 0.6) is 5.75 Å². The molecule has 1 heterocycles. The van der Waals surface area contributed by atoms with E-state index < -0.39 is 21.3 Å². The van der Waals surface area contributed by atoms with E-state index in [1.807, 2.05) is 0 Å². The van der Waals surface area contributed by atoms with Crippen molar-refractivity contribution in [3.63, 3.8) is 0 Å². The van der Waals surface area contributed by atoms with Crippen molar-refractivity contribution in [2.75, 3.05) is 19.7 Å². The number of carbonyl (C=O) groups excluding carboxylic acids is 1. The van der Waals surface area contributed by atoms with Crippen LogP contribution in [0, 0.1) is 5.41 Å². The molecule has 1 aliphatic rings. The number of nitrogens with two attached hydrogens (primary N) is 1. The number of hydrogen-bond acceptors (Lipinski definition) is 4. The Balaban J connectivity index is 1.78. The predicted molar refractivity (Wildman–Crippen MR) is 118 cm³/mol. The fraction of sp³-hybridized carbons (Fsp3) is 0.381. The Bertz CT molecular complexity index is 1020. The van der Waals surface area contributed by atoms with E-state index in [9.17, 15) is 13.2 Å². The summed E-state index contributed by atoms with van der Waals surface area (Å²) in [5.74, 6) is -0.0842. The summed E-state index contributed by atoms with van der Waals surface area (Å²) in [5.41, 5.74) is 5.41. The number of benzene rings is 2. The lowest BCUT2D eigenvalue weighted by atomic mass is 9.78. The Morgan fingerprint density at radius 1 is 1.13 bits per heavy atom. The maximum absolute atomic E-state index is 13.1. The van der Waals surface area contributed by atoms with Crippen LogP contribution in [0.4, 0.5) is 0 Å². The fourth-order valence-electron chi connectivity index (χ4n) is 3.80. The highest BCUT2D eigenvalue weighted by Gasteiger charge is 2.41. The smallest absolute Gasteiger partial charge is 0.218 e. The molecule has 162 valence electrons. The van der Waals surface area contributed by atoms with E-state index in [-0.39, 0.29) is 25.3 Å². The SMILES string of the molecule is NC(=O)CC1(COc2cccc(Cl)c2)CCCN(S(=O)(=O)Cc2cccc(Cl)c2)C1. The number of primary amides is 1. The van der Waals surface area contributed by atoms with Gasteiger partial charge in [0.05, 0.1) is 12.4 Å². The quantitative estimate of drug-likeness (QED) is 0.633. The normalized spacial score (nSPS) is 20.1. The third kappa shape index (κ3) is 6.11. The van der Waals surface area contributed by atoms with Crippen LogP contribution in [0.25, 0.3) is 0 Å². The minimum absolute atomic E-state index is 0.0384. The second-order valence-corrected chi connectivity index (χ2v) is 10.6. The largest absolute Gasteiger partial charge is 0.493 e. The molecule has 0 bridgehead atoms. The molecule has 0 radical (unpaired) electrons. The first-order valence-electron chi connectivity index (χ1n) is 9.56. The Labute approximate surface area is 187 Å². The molecule has 1 unspecified atom stereocenters. The van der Waals surface area contributed by atoms with Crippen LogP contribution >= 0.6 is 23.2 Å². The zero-order valence-corrected chi connectivity index (χ0v) is 18.7. The minimum Gasteiger partial charge on any atom is -0.493 e. The van der Waals surface area contributed by atoms with Crippen molar-refractivity contribution in [2.45, 2.75) is 25.0 Å². The second-order valence-electron chi connectivity index (χ2n) is 7.71. The molecule has 2 aromatic carbocycles. The molecule has 30 heavy (non-hydrogen) atoms. The van der Waals surface area contributed by atoms with Crippen molar-refractivity contribution in [1.82, 2.24) is 4.31 Å². The molecule has 3 rings (SSSR count). The van der Waals surface area contributed by atoms with Crippen LogP contribution in [0.2, 0.25) is 10.0 Å². The van der Waals surface area contributed by atoms with Gasteiger partial charge in [-0.15, -0.1) is 0 Å². The van der Waals surface area contributed by atoms with Gasteiger partial charge in [0.25, 0.3) is 0 Å². The minimum atomic E-state index is -3.60. The molecule has 0 saturated carbocycles. The van der Waals surface area contributed by atoms with Crippen molar-refractivity contribution >= 4 is 39.1 Å². The van der Waals surface area contributed by atoms with Gasteiger partial charge in [-0.1, -0.05) is 41.4 Å². The van der Waals surface area contributed by atoms with E-state index in [0.717, 1.165) is 0 Å². The Hall–Kier alpha value is -1.80. The highest BCUT2D eigenvalue weighted by atomic mass is 35.5. The van der Waals surface area contributed by atoms with E-state index in [4.69, 9.17) is 33.7 Å². The van der Waals surface area contributed by atoms with E-state index in [2.05, 4.69) is 0 Å². The van der Waals surface area contributed by atoms with Crippen LogP contribution in [0.15, 0.2) is 48.5 Å². The van der Waals surface area contributed by atoms with Crippen LogP contribution in [0.1, 0.15) is 24.8 Å². The topological polar surface area (TPSA) is 89.7 Å². The number of nitrogens with zero attached hydrogens (tertiary/aromatic N) is 1. The van der Waals surface area contributed by atoms with Crippen molar-refractivity contribution in [1.29, 1.82) is 0 Å². The van der Waals surface area contributed by atoms with E-state index in [1.165, 1.54) is 4.31 Å². The zero-order valence-electron chi connectivity index (χ0n) is 16.4. The number of sulfonamides is 1. The monoisotopic (exact) mass is 470 g/mol. The lowest BCUT2D eigenvalue weighted by molar-refractivity contribution is -0.121. The van der Waals surface area contributed by atoms with Crippen molar-refractivity contribution in [2.24, 2.45) is 11.1 Å². The number of ether oxygens (including phenoxy) is 1. The third-order valence-electron chi connectivity index (χ3n) is 5.15. The summed E-state index contributed by atoms with van der Waals surface area (Å²) < 4.78 is 33.5. The number of halogens is 2. The Morgan fingerprint density at radius 3 is 2.50 bits per heavy atom. The maximum atomic E-state index is 13.1. The maximum Gasteiger partial charge on any atom is 0.218 e. The number of carbonyl (C=O) groups is 1. The van der Waals surface area contributed by atoms with Gasteiger partial charge in [-0.3, -0.25) is 4.79 Å². The van der Waals surface area contributed by atoms with Crippen LogP contribution in [0.3, 0.4) is 0 Å². The number of hydrogen-bond donors (Lipinski definition) is 1. The van der Waals surface area contributed by atoms with Gasteiger partial charge in [0.1, 0.15) is 5.75 Å². The molecular formula is C21H24Cl2N2O4S. The molecular weight excluding hydrogens is 447 g/mol. The van der Waals surface area contributed by atoms with Gasteiger partial charge >= 0.3 is 0 Å². The highest BCUT2D eigenvalue weighted by molar-refractivity contribution is 7.88. The van der Waals surface area contributed by atoms with E-state index in [1.54, 1.807) is 48.5 Å². The standard InChI is InChI=1S/C21H24Cl2N2O4S/c22-17-5-1-4-16(10-17)13-30(27,28)25-9-3-8-21(14-25,12-20(24)26)15-29-19-7-2-6-18(23)11-19/h1-2,4-7,10-11H,3,8-9,12-15H2,(H2,24,26). The Morgan fingerprint density at radius 2 is 1.83 bits per heavy atom. The molecule has 1 atom stereocenters. The van der Waals surface area contributed by atoms with E-state index >= 15 is 0 Å². The average Bonchev–Trinajstić information content (AvgIpc) is 2.66. The molecule has 2 N–H and O–H groups in total. The second kappa shape index (κ2) is 9.56. The van der Waals surface area contributed by atoms with Crippen molar-refractivity contribution in [3.8, 4) is 5.75 Å². The van der Waals surface area contributed by atoms with Crippen LogP contribution < -0.4 is 10.5 Å². The summed E-state index contributed by atoms with van der Waals surface area (Å²) in [5, 5.41) is 1.02. The molecule has 2 aromatic rings. The molecule has 0 spiro atoms. The summed E-state index contributed by atoms with van der Waals surface area (Å²) in [7, 11) is -3.60.